The van der Waals surface area contributed by atoms with Gasteiger partial charge in [0.1, 0.15) is 5.82 Å². The number of para-hydroxylation sites is 1. The van der Waals surface area contributed by atoms with Gasteiger partial charge >= 0.3 is 0 Å². The van der Waals surface area contributed by atoms with Gasteiger partial charge in [-0.1, -0.05) is 12.1 Å². The summed E-state index contributed by atoms with van der Waals surface area (Å²) < 4.78 is 1.94. The van der Waals surface area contributed by atoms with Gasteiger partial charge in [0.05, 0.1) is 5.52 Å². The summed E-state index contributed by atoms with van der Waals surface area (Å²) in [6, 6.07) is 9.89. The van der Waals surface area contributed by atoms with Crippen molar-refractivity contribution >= 4 is 33.8 Å². The van der Waals surface area contributed by atoms with Gasteiger partial charge in [0.25, 0.3) is 5.78 Å². The van der Waals surface area contributed by atoms with Crippen LogP contribution >= 0.6 is 11.3 Å². The van der Waals surface area contributed by atoms with Gasteiger partial charge in [-0.2, -0.15) is 16.3 Å². The molecule has 3 heterocycles. The summed E-state index contributed by atoms with van der Waals surface area (Å²) in [5, 5.41) is 13.3. The van der Waals surface area contributed by atoms with Gasteiger partial charge < -0.3 is 5.73 Å². The average molecular weight is 267 g/mol. The molecule has 0 aliphatic carbocycles. The second-order valence-corrected chi connectivity index (χ2v) is 4.97. The fourth-order valence-electron chi connectivity index (χ4n) is 2.20. The van der Waals surface area contributed by atoms with Gasteiger partial charge in [-0.3, -0.25) is 4.40 Å². The zero-order valence-electron chi connectivity index (χ0n) is 9.82. The van der Waals surface area contributed by atoms with Crippen molar-refractivity contribution < 1.29 is 0 Å². The number of hydrogen-bond acceptors (Lipinski definition) is 5. The van der Waals surface area contributed by atoms with E-state index in [1.807, 2.05) is 45.5 Å². The third kappa shape index (κ3) is 1.43. The number of nitrogen functional groups attached to an aromatic ring is 1. The number of nitrogens with zero attached hydrogens (tertiary/aromatic N) is 4. The topological polar surface area (TPSA) is 69.1 Å². The normalized spacial score (nSPS) is 11.4. The van der Waals surface area contributed by atoms with E-state index >= 15 is 0 Å². The van der Waals surface area contributed by atoms with Crippen LogP contribution in [0.2, 0.25) is 0 Å². The van der Waals surface area contributed by atoms with Gasteiger partial charge in [0.15, 0.2) is 5.82 Å². The van der Waals surface area contributed by atoms with E-state index in [2.05, 4.69) is 15.2 Å². The maximum absolute atomic E-state index is 5.96. The number of anilines is 1. The molecule has 0 aliphatic rings. The summed E-state index contributed by atoms with van der Waals surface area (Å²) in [4.78, 5) is 4.30. The van der Waals surface area contributed by atoms with Gasteiger partial charge in [0, 0.05) is 16.3 Å². The van der Waals surface area contributed by atoms with Crippen molar-refractivity contribution in [3.8, 4) is 11.4 Å². The van der Waals surface area contributed by atoms with Crippen molar-refractivity contribution in [2.45, 2.75) is 0 Å². The van der Waals surface area contributed by atoms with Crippen LogP contribution in [0.3, 0.4) is 0 Å². The second-order valence-electron chi connectivity index (χ2n) is 4.19. The van der Waals surface area contributed by atoms with E-state index in [1.54, 1.807) is 11.3 Å². The van der Waals surface area contributed by atoms with E-state index in [0.29, 0.717) is 11.6 Å². The standard InChI is InChI=1S/C13H9N5S/c14-11-9-3-1-2-4-10(9)18-12(8-5-6-19-7-8)16-17-13(18)15-11/h1-7H,(H2,14,15,17). The Morgan fingerprint density at radius 3 is 2.84 bits per heavy atom. The zero-order chi connectivity index (χ0) is 12.8. The SMILES string of the molecule is Nc1nc2nnc(-c3ccsc3)n2c2ccccc12. The fourth-order valence-corrected chi connectivity index (χ4v) is 2.84. The number of rotatable bonds is 1. The molecule has 0 saturated carbocycles. The van der Waals surface area contributed by atoms with E-state index < -0.39 is 0 Å². The van der Waals surface area contributed by atoms with Crippen LogP contribution in [0.4, 0.5) is 5.82 Å². The van der Waals surface area contributed by atoms with Gasteiger partial charge in [-0.15, -0.1) is 10.2 Å². The zero-order valence-corrected chi connectivity index (χ0v) is 10.6. The molecule has 3 aromatic heterocycles. The van der Waals surface area contributed by atoms with Crippen LogP contribution in [-0.2, 0) is 0 Å². The Morgan fingerprint density at radius 2 is 2.00 bits per heavy atom. The lowest BCUT2D eigenvalue weighted by molar-refractivity contribution is 1.10. The largest absolute Gasteiger partial charge is 0.383 e. The van der Waals surface area contributed by atoms with Crippen LogP contribution in [-0.4, -0.2) is 19.6 Å². The minimum absolute atomic E-state index is 0.479. The number of nitrogens with two attached hydrogens (primary N) is 1. The molecule has 4 rings (SSSR count). The van der Waals surface area contributed by atoms with E-state index in [1.165, 1.54) is 0 Å². The molecule has 6 heteroatoms. The van der Waals surface area contributed by atoms with E-state index in [-0.39, 0.29) is 0 Å². The van der Waals surface area contributed by atoms with Crippen molar-refractivity contribution in [2.24, 2.45) is 0 Å². The number of hydrogen-bond donors (Lipinski definition) is 1. The van der Waals surface area contributed by atoms with Gasteiger partial charge in [-0.05, 0) is 23.6 Å². The predicted molar refractivity (Wildman–Crippen MR) is 76.0 cm³/mol. The van der Waals surface area contributed by atoms with Crippen molar-refractivity contribution in [1.82, 2.24) is 19.6 Å². The first-order chi connectivity index (χ1) is 9.34. The molecule has 2 N–H and O–H groups in total. The highest BCUT2D eigenvalue weighted by Gasteiger charge is 2.13. The summed E-state index contributed by atoms with van der Waals surface area (Å²) >= 11 is 1.63. The molecule has 0 fully saturated rings. The van der Waals surface area contributed by atoms with Crippen molar-refractivity contribution in [2.75, 3.05) is 5.73 Å². The highest BCUT2D eigenvalue weighted by Crippen LogP contribution is 2.26. The highest BCUT2D eigenvalue weighted by atomic mass is 32.1. The molecular weight excluding hydrogens is 258 g/mol. The van der Waals surface area contributed by atoms with Crippen molar-refractivity contribution in [3.05, 3.63) is 41.1 Å². The number of fused-ring (bicyclic) bond motifs is 3. The molecule has 5 nitrogen and oxygen atoms in total. The first kappa shape index (κ1) is 10.5. The Labute approximate surface area is 112 Å². The number of aromatic nitrogens is 4. The molecule has 0 amide bonds. The van der Waals surface area contributed by atoms with Crippen LogP contribution in [0, 0.1) is 0 Å². The highest BCUT2D eigenvalue weighted by molar-refractivity contribution is 7.08. The molecule has 1 aromatic carbocycles. The summed E-state index contributed by atoms with van der Waals surface area (Å²) in [5.41, 5.74) is 7.97. The van der Waals surface area contributed by atoms with E-state index in [4.69, 9.17) is 5.73 Å². The summed E-state index contributed by atoms with van der Waals surface area (Å²) in [7, 11) is 0. The van der Waals surface area contributed by atoms with Gasteiger partial charge in [-0.25, -0.2) is 0 Å². The van der Waals surface area contributed by atoms with Crippen LogP contribution in [0.25, 0.3) is 28.1 Å². The Morgan fingerprint density at radius 1 is 1.11 bits per heavy atom. The van der Waals surface area contributed by atoms with Crippen LogP contribution in [0.15, 0.2) is 41.1 Å². The van der Waals surface area contributed by atoms with Crippen molar-refractivity contribution in [1.29, 1.82) is 0 Å². The van der Waals surface area contributed by atoms with Crippen molar-refractivity contribution in [3.63, 3.8) is 0 Å². The monoisotopic (exact) mass is 267 g/mol. The molecule has 4 aromatic rings. The molecule has 0 spiro atoms. The second kappa shape index (κ2) is 3.76. The van der Waals surface area contributed by atoms with Crippen LogP contribution in [0.5, 0.6) is 0 Å². The maximum Gasteiger partial charge on any atom is 0.257 e. The smallest absolute Gasteiger partial charge is 0.257 e. The van der Waals surface area contributed by atoms with E-state index in [9.17, 15) is 0 Å². The summed E-state index contributed by atoms with van der Waals surface area (Å²) in [5.74, 6) is 1.80. The lowest BCUT2D eigenvalue weighted by atomic mass is 10.2. The molecule has 0 radical (unpaired) electrons. The molecule has 92 valence electrons. The minimum Gasteiger partial charge on any atom is -0.383 e. The summed E-state index contributed by atoms with van der Waals surface area (Å²) in [6.07, 6.45) is 0. The summed E-state index contributed by atoms with van der Waals surface area (Å²) in [6.45, 7) is 0. The minimum atomic E-state index is 0.479. The fraction of sp³-hybridized carbons (Fsp3) is 0. The number of thiophene rings is 1. The third-order valence-corrected chi connectivity index (χ3v) is 3.75. The third-order valence-electron chi connectivity index (χ3n) is 3.07. The van der Waals surface area contributed by atoms with Crippen LogP contribution < -0.4 is 5.73 Å². The first-order valence-corrected chi connectivity index (χ1v) is 6.71. The molecular formula is C13H9N5S. The molecule has 0 unspecified atom stereocenters. The Kier molecular flexibility index (Phi) is 2.07. The molecule has 0 atom stereocenters. The molecule has 19 heavy (non-hydrogen) atoms. The Bertz CT molecular complexity index is 879. The number of benzene rings is 1. The first-order valence-electron chi connectivity index (χ1n) is 5.76. The lowest BCUT2D eigenvalue weighted by Crippen LogP contribution is -1.99. The lowest BCUT2D eigenvalue weighted by Gasteiger charge is -2.05. The molecule has 0 bridgehead atoms. The predicted octanol–water partition coefficient (Wildman–Crippen LogP) is 2.59. The van der Waals surface area contributed by atoms with Crippen LogP contribution in [0.1, 0.15) is 0 Å². The quantitative estimate of drug-likeness (QED) is 0.575. The molecule has 0 saturated heterocycles. The Hall–Kier alpha value is -2.47. The molecule has 0 aliphatic heterocycles. The maximum atomic E-state index is 5.96. The average Bonchev–Trinajstić information content (AvgIpc) is 3.07. The van der Waals surface area contributed by atoms with Gasteiger partial charge in [0.2, 0.25) is 0 Å². The van der Waals surface area contributed by atoms with E-state index in [0.717, 1.165) is 22.3 Å². The Balaban J connectivity index is 2.21.